The Bertz CT molecular complexity index is 1470. The number of nitrogens with zero attached hydrogens (tertiary/aromatic N) is 4. The van der Waals surface area contributed by atoms with Gasteiger partial charge >= 0.3 is 0 Å². The average molecular weight is 474 g/mol. The Morgan fingerprint density at radius 1 is 1.09 bits per heavy atom. The Morgan fingerprint density at radius 3 is 2.74 bits per heavy atom. The van der Waals surface area contributed by atoms with Gasteiger partial charge in [0.25, 0.3) is 11.5 Å². The number of fused-ring (bicyclic) bond motifs is 4. The van der Waals surface area contributed by atoms with Crippen LogP contribution >= 0.6 is 11.3 Å². The van der Waals surface area contributed by atoms with E-state index in [-0.39, 0.29) is 11.5 Å². The predicted octanol–water partition coefficient (Wildman–Crippen LogP) is 3.68. The molecule has 0 radical (unpaired) electrons. The van der Waals surface area contributed by atoms with Gasteiger partial charge in [-0.05, 0) is 50.3 Å². The van der Waals surface area contributed by atoms with E-state index in [9.17, 15) is 9.59 Å². The monoisotopic (exact) mass is 473 g/mol. The third-order valence-corrected chi connectivity index (χ3v) is 8.17. The van der Waals surface area contributed by atoms with Crippen molar-refractivity contribution in [3.63, 3.8) is 0 Å². The summed E-state index contributed by atoms with van der Waals surface area (Å²) in [6, 6.07) is 9.70. The van der Waals surface area contributed by atoms with Crippen molar-refractivity contribution in [1.29, 1.82) is 0 Å². The molecule has 3 aromatic heterocycles. The highest BCUT2D eigenvalue weighted by atomic mass is 32.1. The number of aromatic nitrogens is 3. The Kier molecular flexibility index (Phi) is 5.42. The minimum absolute atomic E-state index is 0.00634. The number of hydrogen-bond acceptors (Lipinski definition) is 6. The van der Waals surface area contributed by atoms with Crippen LogP contribution in [-0.4, -0.2) is 56.8 Å². The van der Waals surface area contributed by atoms with Crippen molar-refractivity contribution in [3.05, 3.63) is 68.2 Å². The summed E-state index contributed by atoms with van der Waals surface area (Å²) in [4.78, 5) is 45.0. The quantitative estimate of drug-likeness (QED) is 0.491. The van der Waals surface area contributed by atoms with Gasteiger partial charge in [-0.2, -0.15) is 0 Å². The largest absolute Gasteiger partial charge is 0.336 e. The van der Waals surface area contributed by atoms with Crippen LogP contribution < -0.4 is 5.56 Å². The summed E-state index contributed by atoms with van der Waals surface area (Å²) in [6.07, 6.45) is 4.40. The number of hydrogen-bond donors (Lipinski definition) is 1. The molecule has 0 bridgehead atoms. The van der Waals surface area contributed by atoms with Crippen LogP contribution in [0.3, 0.4) is 0 Å². The number of amides is 1. The maximum absolute atomic E-state index is 13.3. The predicted molar refractivity (Wildman–Crippen MR) is 135 cm³/mol. The van der Waals surface area contributed by atoms with E-state index in [4.69, 9.17) is 4.98 Å². The van der Waals surface area contributed by atoms with Crippen LogP contribution in [0.4, 0.5) is 0 Å². The molecule has 0 spiro atoms. The molecule has 0 saturated carbocycles. The molecule has 0 atom stereocenters. The first-order chi connectivity index (χ1) is 16.6. The van der Waals surface area contributed by atoms with Gasteiger partial charge in [-0.1, -0.05) is 18.2 Å². The van der Waals surface area contributed by atoms with E-state index >= 15 is 0 Å². The molecule has 34 heavy (non-hydrogen) atoms. The van der Waals surface area contributed by atoms with Crippen LogP contribution in [0.2, 0.25) is 0 Å². The van der Waals surface area contributed by atoms with Crippen molar-refractivity contribution in [1.82, 2.24) is 24.8 Å². The molecule has 4 aromatic rings. The second-order valence-electron chi connectivity index (χ2n) is 9.30. The van der Waals surface area contributed by atoms with Crippen molar-refractivity contribution in [3.8, 4) is 0 Å². The lowest BCUT2D eigenvalue weighted by Crippen LogP contribution is -2.48. The standard InChI is InChI=1S/C26H27N5O2S/c1-16-14-19(17-6-2-4-8-20(17)27-16)26(33)31-12-10-30(11-13-31)15-22-28-24(32)23-18-7-3-5-9-21(18)34-25(23)29-22/h2,4,6,8,14H,3,5,7,9-13,15H2,1H3,(H,28,29,32). The summed E-state index contributed by atoms with van der Waals surface area (Å²) < 4.78 is 0. The van der Waals surface area contributed by atoms with Crippen molar-refractivity contribution in [2.45, 2.75) is 39.2 Å². The van der Waals surface area contributed by atoms with Gasteiger partial charge in [0.2, 0.25) is 0 Å². The van der Waals surface area contributed by atoms with Gasteiger partial charge in [-0.3, -0.25) is 19.5 Å². The number of para-hydroxylation sites is 1. The van der Waals surface area contributed by atoms with E-state index in [0.29, 0.717) is 25.5 Å². The Labute approximate surface area is 201 Å². The highest BCUT2D eigenvalue weighted by molar-refractivity contribution is 7.18. The topological polar surface area (TPSA) is 82.2 Å². The molecule has 8 heteroatoms. The maximum atomic E-state index is 13.3. The molecule has 1 aliphatic heterocycles. The van der Waals surface area contributed by atoms with Crippen molar-refractivity contribution in [2.24, 2.45) is 0 Å². The van der Waals surface area contributed by atoms with Crippen LogP contribution in [0.1, 0.15) is 45.2 Å². The lowest BCUT2D eigenvalue weighted by molar-refractivity contribution is 0.0627. The number of carbonyl (C=O) groups excluding carboxylic acids is 1. The molecule has 1 amide bonds. The van der Waals surface area contributed by atoms with E-state index in [1.807, 2.05) is 42.2 Å². The first-order valence-electron chi connectivity index (χ1n) is 12.0. The summed E-state index contributed by atoms with van der Waals surface area (Å²) in [5, 5.41) is 1.70. The Balaban J connectivity index is 1.17. The molecule has 7 nitrogen and oxygen atoms in total. The zero-order valence-corrected chi connectivity index (χ0v) is 20.1. The molecule has 1 fully saturated rings. The number of thiophene rings is 1. The highest BCUT2D eigenvalue weighted by Gasteiger charge is 2.25. The number of aromatic amines is 1. The minimum atomic E-state index is -0.00634. The number of benzene rings is 1. The molecule has 1 saturated heterocycles. The van der Waals surface area contributed by atoms with Gasteiger partial charge in [0, 0.05) is 42.1 Å². The van der Waals surface area contributed by atoms with Crippen molar-refractivity contribution < 1.29 is 4.79 Å². The summed E-state index contributed by atoms with van der Waals surface area (Å²) >= 11 is 1.69. The summed E-state index contributed by atoms with van der Waals surface area (Å²) in [6.45, 7) is 5.30. The summed E-state index contributed by atoms with van der Waals surface area (Å²) in [7, 11) is 0. The summed E-state index contributed by atoms with van der Waals surface area (Å²) in [5.74, 6) is 0.769. The molecule has 0 unspecified atom stereocenters. The zero-order chi connectivity index (χ0) is 23.2. The van der Waals surface area contributed by atoms with Crippen LogP contribution in [0.5, 0.6) is 0 Å². The molecule has 6 rings (SSSR count). The maximum Gasteiger partial charge on any atom is 0.259 e. The van der Waals surface area contributed by atoms with Crippen LogP contribution in [0.25, 0.3) is 21.1 Å². The van der Waals surface area contributed by atoms with Gasteiger partial charge < -0.3 is 9.88 Å². The molecule has 1 aliphatic carbocycles. The Morgan fingerprint density at radius 2 is 1.88 bits per heavy atom. The first-order valence-corrected chi connectivity index (χ1v) is 12.8. The van der Waals surface area contributed by atoms with E-state index < -0.39 is 0 Å². The molecule has 174 valence electrons. The lowest BCUT2D eigenvalue weighted by Gasteiger charge is -2.34. The van der Waals surface area contributed by atoms with E-state index in [1.54, 1.807) is 11.3 Å². The van der Waals surface area contributed by atoms with E-state index in [0.717, 1.165) is 64.7 Å². The Hall–Kier alpha value is -3.10. The van der Waals surface area contributed by atoms with Gasteiger partial charge in [0.15, 0.2) is 0 Å². The number of carbonyl (C=O) groups is 1. The van der Waals surface area contributed by atoms with Crippen molar-refractivity contribution >= 4 is 38.4 Å². The van der Waals surface area contributed by atoms with Crippen LogP contribution in [-0.2, 0) is 19.4 Å². The molecule has 2 aliphatic rings. The average Bonchev–Trinajstić information content (AvgIpc) is 3.22. The smallest absolute Gasteiger partial charge is 0.259 e. The second kappa shape index (κ2) is 8.60. The molecule has 1 aromatic carbocycles. The fourth-order valence-corrected chi connectivity index (χ4v) is 6.54. The lowest BCUT2D eigenvalue weighted by atomic mass is 9.97. The number of H-pyrrole nitrogens is 1. The molecule has 1 N–H and O–H groups in total. The normalized spacial score (nSPS) is 16.8. The van der Waals surface area contributed by atoms with Gasteiger partial charge in [0.05, 0.1) is 23.0 Å². The number of nitrogens with one attached hydrogen (secondary N) is 1. The zero-order valence-electron chi connectivity index (χ0n) is 19.3. The van der Waals surface area contributed by atoms with Gasteiger partial charge in [-0.15, -0.1) is 11.3 Å². The molecule has 4 heterocycles. The number of rotatable bonds is 3. The second-order valence-corrected chi connectivity index (χ2v) is 10.4. The fraction of sp³-hybridized carbons (Fsp3) is 0.385. The van der Waals surface area contributed by atoms with Gasteiger partial charge in [-0.25, -0.2) is 4.98 Å². The van der Waals surface area contributed by atoms with E-state index in [1.165, 1.54) is 16.9 Å². The number of pyridine rings is 1. The van der Waals surface area contributed by atoms with Crippen LogP contribution in [0, 0.1) is 6.92 Å². The fourth-order valence-electron chi connectivity index (χ4n) is 5.26. The third-order valence-electron chi connectivity index (χ3n) is 6.98. The minimum Gasteiger partial charge on any atom is -0.336 e. The number of aryl methyl sites for hydroxylation is 3. The number of piperazine rings is 1. The van der Waals surface area contributed by atoms with Gasteiger partial charge in [0.1, 0.15) is 10.7 Å². The SMILES string of the molecule is Cc1cc(C(=O)N2CCN(Cc3nc4sc5c(c4c(=O)[nH]3)CCCC5)CC2)c2ccccc2n1. The van der Waals surface area contributed by atoms with Crippen molar-refractivity contribution in [2.75, 3.05) is 26.2 Å². The summed E-state index contributed by atoms with van der Waals surface area (Å²) in [5.41, 5.74) is 3.63. The van der Waals surface area contributed by atoms with E-state index in [2.05, 4.69) is 14.9 Å². The highest BCUT2D eigenvalue weighted by Crippen LogP contribution is 2.33. The third kappa shape index (κ3) is 3.80. The first kappa shape index (κ1) is 21.4. The molecular formula is C26H27N5O2S. The van der Waals surface area contributed by atoms with Crippen LogP contribution in [0.15, 0.2) is 35.1 Å². The molecular weight excluding hydrogens is 446 g/mol.